The quantitative estimate of drug-likeness (QED) is 0.307. The molecule has 9 nitrogen and oxygen atoms in total. The molecule has 0 bridgehead atoms. The van der Waals surface area contributed by atoms with Crippen molar-refractivity contribution in [2.45, 2.75) is 46.3 Å². The molecule has 0 saturated carbocycles. The summed E-state index contributed by atoms with van der Waals surface area (Å²) in [6, 6.07) is 12.0. The fraction of sp³-hybridized carbons (Fsp3) is 0.321. The van der Waals surface area contributed by atoms with Crippen molar-refractivity contribution in [2.24, 2.45) is 4.99 Å². The molecular formula is C28H28N4O5. The molecule has 1 aliphatic heterocycles. The van der Waals surface area contributed by atoms with Crippen molar-refractivity contribution in [1.82, 2.24) is 14.0 Å². The van der Waals surface area contributed by atoms with Crippen LogP contribution in [0.2, 0.25) is 0 Å². The topological polar surface area (TPSA) is 104 Å². The third-order valence-electron chi connectivity index (χ3n) is 6.66. The Hall–Kier alpha value is -4.11. The third-order valence-corrected chi connectivity index (χ3v) is 6.66. The van der Waals surface area contributed by atoms with Gasteiger partial charge in [0.25, 0.3) is 11.5 Å². The van der Waals surface area contributed by atoms with E-state index in [0.29, 0.717) is 23.5 Å². The summed E-state index contributed by atoms with van der Waals surface area (Å²) < 4.78 is 14.3. The van der Waals surface area contributed by atoms with E-state index in [1.54, 1.807) is 48.0 Å². The van der Waals surface area contributed by atoms with Crippen LogP contribution in [-0.4, -0.2) is 45.1 Å². The molecule has 37 heavy (non-hydrogen) atoms. The first-order valence-corrected chi connectivity index (χ1v) is 12.4. The fourth-order valence-electron chi connectivity index (χ4n) is 4.56. The van der Waals surface area contributed by atoms with E-state index in [-0.39, 0.29) is 41.3 Å². The van der Waals surface area contributed by atoms with Crippen LogP contribution in [0.4, 0.5) is 0 Å². The summed E-state index contributed by atoms with van der Waals surface area (Å²) >= 11 is 0. The monoisotopic (exact) mass is 500 g/mol. The Morgan fingerprint density at radius 3 is 2.73 bits per heavy atom. The highest BCUT2D eigenvalue weighted by molar-refractivity contribution is 5.97. The van der Waals surface area contributed by atoms with Gasteiger partial charge in [-0.15, -0.1) is 0 Å². The van der Waals surface area contributed by atoms with E-state index in [4.69, 9.17) is 14.5 Å². The molecule has 3 aromatic heterocycles. The Morgan fingerprint density at radius 1 is 1.16 bits per heavy atom. The van der Waals surface area contributed by atoms with Gasteiger partial charge in [0, 0.05) is 18.4 Å². The number of amides is 1. The zero-order valence-corrected chi connectivity index (χ0v) is 21.1. The molecule has 190 valence electrons. The summed E-state index contributed by atoms with van der Waals surface area (Å²) in [5, 5.41) is 0.224. The molecule has 0 spiro atoms. The standard InChI is InChI=1S/C28H28N4O5/c1-4-36-28(35)22-15-21-24(29-23-9-5-6-12-31(23)27(21)34)32(16-20-8-7-13-37-20)25(22)30-26(33)19-11-10-17(2)18(3)14-19/h5-6,9-12,14-15,20H,4,7-8,13,16H2,1-3H3/t20-/m1/s1. The summed E-state index contributed by atoms with van der Waals surface area (Å²) in [5.74, 6) is -1.18. The molecule has 0 N–H and O–H groups in total. The number of aromatic nitrogens is 3. The summed E-state index contributed by atoms with van der Waals surface area (Å²) in [4.78, 5) is 49.1. The number of rotatable bonds is 5. The molecule has 9 heteroatoms. The average Bonchev–Trinajstić information content (AvgIpc) is 3.40. The van der Waals surface area contributed by atoms with Crippen LogP contribution in [0.15, 0.2) is 58.4 Å². The van der Waals surface area contributed by atoms with Crippen LogP contribution in [0, 0.1) is 13.8 Å². The Balaban J connectivity index is 1.85. The number of carbonyl (C=O) groups excluding carboxylic acids is 2. The molecule has 1 aromatic carbocycles. The molecule has 1 aliphatic rings. The van der Waals surface area contributed by atoms with E-state index in [9.17, 15) is 14.4 Å². The zero-order valence-electron chi connectivity index (χ0n) is 21.1. The Labute approximate surface area is 213 Å². The first-order valence-electron chi connectivity index (χ1n) is 12.4. The van der Waals surface area contributed by atoms with Crippen LogP contribution in [0.25, 0.3) is 16.7 Å². The number of hydrogen-bond acceptors (Lipinski definition) is 6. The number of carbonyl (C=O) groups is 2. The molecule has 4 heterocycles. The first kappa shape index (κ1) is 24.6. The number of benzene rings is 1. The van der Waals surface area contributed by atoms with E-state index in [1.165, 1.54) is 10.5 Å². The maximum atomic E-state index is 13.5. The molecule has 1 saturated heterocycles. The van der Waals surface area contributed by atoms with Gasteiger partial charge in [-0.2, -0.15) is 4.99 Å². The number of ether oxygens (including phenoxy) is 2. The first-order chi connectivity index (χ1) is 17.9. The predicted molar refractivity (Wildman–Crippen MR) is 138 cm³/mol. The lowest BCUT2D eigenvalue weighted by atomic mass is 10.1. The van der Waals surface area contributed by atoms with E-state index in [1.807, 2.05) is 19.9 Å². The molecule has 4 aromatic rings. The van der Waals surface area contributed by atoms with E-state index >= 15 is 0 Å². The molecule has 0 unspecified atom stereocenters. The van der Waals surface area contributed by atoms with Crippen molar-refractivity contribution in [3.63, 3.8) is 0 Å². The number of nitrogens with zero attached hydrogens (tertiary/aromatic N) is 4. The van der Waals surface area contributed by atoms with Crippen LogP contribution in [-0.2, 0) is 16.0 Å². The molecule has 1 amide bonds. The van der Waals surface area contributed by atoms with E-state index < -0.39 is 11.9 Å². The largest absolute Gasteiger partial charge is 0.462 e. The molecule has 0 radical (unpaired) electrons. The lowest BCUT2D eigenvalue weighted by Crippen LogP contribution is -2.35. The van der Waals surface area contributed by atoms with Crippen molar-refractivity contribution in [3.8, 4) is 0 Å². The highest BCUT2D eigenvalue weighted by Crippen LogP contribution is 2.18. The van der Waals surface area contributed by atoms with Gasteiger partial charge in [0.1, 0.15) is 16.9 Å². The van der Waals surface area contributed by atoms with Gasteiger partial charge >= 0.3 is 5.97 Å². The van der Waals surface area contributed by atoms with Crippen molar-refractivity contribution >= 4 is 28.6 Å². The number of aryl methyl sites for hydroxylation is 2. The smallest absolute Gasteiger partial charge is 0.341 e. The van der Waals surface area contributed by atoms with Gasteiger partial charge in [0.15, 0.2) is 5.49 Å². The van der Waals surface area contributed by atoms with Gasteiger partial charge in [-0.05, 0) is 75.1 Å². The molecule has 5 rings (SSSR count). The van der Waals surface area contributed by atoms with Gasteiger partial charge in [-0.3, -0.25) is 14.0 Å². The summed E-state index contributed by atoms with van der Waals surface area (Å²) in [6.45, 7) is 6.60. The lowest BCUT2D eigenvalue weighted by molar-refractivity contribution is 0.0521. The SMILES string of the molecule is CCOC(=O)c1cc2c(=O)n3ccccc3nc2n(C[C@H]2CCCO2)c1=NC(=O)c1ccc(C)c(C)c1. The second kappa shape index (κ2) is 10.1. The van der Waals surface area contributed by atoms with E-state index in [0.717, 1.165) is 24.0 Å². The normalized spacial score (nSPS) is 16.0. The Morgan fingerprint density at radius 2 is 2.00 bits per heavy atom. The van der Waals surface area contributed by atoms with Crippen molar-refractivity contribution < 1.29 is 19.1 Å². The van der Waals surface area contributed by atoms with Gasteiger partial charge in [0.2, 0.25) is 0 Å². The second-order valence-electron chi connectivity index (χ2n) is 9.15. The number of fused-ring (bicyclic) bond motifs is 2. The number of hydrogen-bond donors (Lipinski definition) is 0. The van der Waals surface area contributed by atoms with Crippen molar-refractivity contribution in [1.29, 1.82) is 0 Å². The molecule has 1 atom stereocenters. The van der Waals surface area contributed by atoms with Crippen LogP contribution in [0.1, 0.15) is 51.6 Å². The predicted octanol–water partition coefficient (Wildman–Crippen LogP) is 3.36. The molecule has 1 fully saturated rings. The highest BCUT2D eigenvalue weighted by Gasteiger charge is 2.24. The minimum absolute atomic E-state index is 0.0271. The van der Waals surface area contributed by atoms with Gasteiger partial charge in [-0.25, -0.2) is 9.78 Å². The average molecular weight is 501 g/mol. The number of esters is 1. The van der Waals surface area contributed by atoms with Crippen molar-refractivity contribution in [2.75, 3.05) is 13.2 Å². The fourth-order valence-corrected chi connectivity index (χ4v) is 4.56. The van der Waals surface area contributed by atoms with Gasteiger partial charge < -0.3 is 14.0 Å². The highest BCUT2D eigenvalue weighted by atomic mass is 16.5. The summed E-state index contributed by atoms with van der Waals surface area (Å²) in [5.41, 5.74) is 2.96. The third kappa shape index (κ3) is 4.70. The van der Waals surface area contributed by atoms with Gasteiger partial charge in [-0.1, -0.05) is 12.1 Å². The van der Waals surface area contributed by atoms with E-state index in [2.05, 4.69) is 4.99 Å². The minimum Gasteiger partial charge on any atom is -0.462 e. The maximum absolute atomic E-state index is 13.5. The van der Waals surface area contributed by atoms with Crippen LogP contribution >= 0.6 is 0 Å². The maximum Gasteiger partial charge on any atom is 0.341 e. The second-order valence-corrected chi connectivity index (χ2v) is 9.15. The zero-order chi connectivity index (χ0) is 26.1. The summed E-state index contributed by atoms with van der Waals surface area (Å²) in [7, 11) is 0. The van der Waals surface area contributed by atoms with Crippen LogP contribution in [0.3, 0.4) is 0 Å². The lowest BCUT2D eigenvalue weighted by Gasteiger charge is -2.18. The number of pyridine rings is 2. The molecular weight excluding hydrogens is 472 g/mol. The van der Waals surface area contributed by atoms with Crippen LogP contribution < -0.4 is 11.0 Å². The Bertz CT molecular complexity index is 1660. The molecule has 0 aliphatic carbocycles. The van der Waals surface area contributed by atoms with Gasteiger partial charge in [0.05, 0.1) is 24.6 Å². The van der Waals surface area contributed by atoms with Crippen molar-refractivity contribution in [3.05, 3.63) is 86.8 Å². The Kier molecular flexibility index (Phi) is 6.71. The minimum atomic E-state index is -0.672. The van der Waals surface area contributed by atoms with Crippen LogP contribution in [0.5, 0.6) is 0 Å². The summed E-state index contributed by atoms with van der Waals surface area (Å²) in [6.07, 6.45) is 3.15.